The molecule has 0 saturated carbocycles. The Hall–Kier alpha value is -2.85. The highest BCUT2D eigenvalue weighted by Gasteiger charge is 2.22. The minimum Gasteiger partial charge on any atom is -0.465 e. The second kappa shape index (κ2) is 33.3. The summed E-state index contributed by atoms with van der Waals surface area (Å²) in [4.78, 5) is 55.1. The molecule has 0 radical (unpaired) electrons. The van der Waals surface area contributed by atoms with Crippen LogP contribution in [0.5, 0.6) is 0 Å². The van der Waals surface area contributed by atoms with Crippen molar-refractivity contribution in [1.29, 1.82) is 0 Å². The topological polar surface area (TPSA) is 175 Å². The molecule has 3 atom stereocenters. The fourth-order valence-electron chi connectivity index (χ4n) is 5.97. The van der Waals surface area contributed by atoms with Crippen LogP contribution in [0.25, 0.3) is 0 Å². The number of hydrogen-bond acceptors (Lipinski definition) is 7. The highest BCUT2D eigenvalue weighted by atomic mass is 16.5. The highest BCUT2D eigenvalue weighted by molar-refractivity contribution is 5.87. The molecule has 50 heavy (non-hydrogen) atoms. The number of ether oxygens (including phenoxy) is 2. The zero-order valence-electron chi connectivity index (χ0n) is 32.4. The van der Waals surface area contributed by atoms with Crippen LogP contribution < -0.4 is 22.1 Å². The summed E-state index contributed by atoms with van der Waals surface area (Å²) in [6.07, 6.45) is 21.3. The van der Waals surface area contributed by atoms with Crippen molar-refractivity contribution < 1.29 is 28.7 Å². The van der Waals surface area contributed by atoms with E-state index in [4.69, 9.17) is 20.9 Å². The maximum atomic E-state index is 13.0. The monoisotopic (exact) mass is 710 g/mol. The number of carbonyl (C=O) groups excluding carboxylic acids is 4. The molecule has 0 spiro atoms. The Morgan fingerprint density at radius 3 is 1.66 bits per heavy atom. The molecule has 2 amide bonds. The van der Waals surface area contributed by atoms with Gasteiger partial charge in [0.15, 0.2) is 5.96 Å². The molecule has 0 aromatic rings. The number of esters is 2. The summed E-state index contributed by atoms with van der Waals surface area (Å²) >= 11 is 0. The zero-order chi connectivity index (χ0) is 37.2. The molecule has 292 valence electrons. The molecular formula is C39H75N5O6. The van der Waals surface area contributed by atoms with E-state index in [1.54, 1.807) is 0 Å². The van der Waals surface area contributed by atoms with Gasteiger partial charge in [-0.1, -0.05) is 118 Å². The summed E-state index contributed by atoms with van der Waals surface area (Å²) in [7, 11) is 0. The van der Waals surface area contributed by atoms with Crippen molar-refractivity contribution in [2.24, 2.45) is 28.3 Å². The maximum Gasteiger partial charge on any atom is 0.308 e. The molecule has 0 heterocycles. The van der Waals surface area contributed by atoms with Crippen LogP contribution in [0, 0.1) is 11.8 Å². The van der Waals surface area contributed by atoms with Gasteiger partial charge in [-0.05, 0) is 51.4 Å². The van der Waals surface area contributed by atoms with Gasteiger partial charge in [0.05, 0.1) is 25.0 Å². The van der Waals surface area contributed by atoms with Gasteiger partial charge in [-0.25, -0.2) is 0 Å². The van der Waals surface area contributed by atoms with E-state index >= 15 is 0 Å². The lowest BCUT2D eigenvalue weighted by atomic mass is 9.94. The van der Waals surface area contributed by atoms with Crippen molar-refractivity contribution in [3.63, 3.8) is 0 Å². The number of rotatable bonds is 34. The van der Waals surface area contributed by atoms with Crippen LogP contribution in [-0.4, -0.2) is 62.1 Å². The second-order valence-corrected chi connectivity index (χ2v) is 13.7. The first-order valence-corrected chi connectivity index (χ1v) is 20.2. The minimum atomic E-state index is -0.811. The van der Waals surface area contributed by atoms with Crippen molar-refractivity contribution in [2.75, 3.05) is 26.3 Å². The Labute approximate surface area is 304 Å². The van der Waals surface area contributed by atoms with Gasteiger partial charge in [0.25, 0.3) is 0 Å². The number of nitrogens with zero attached hydrogens (tertiary/aromatic N) is 1. The summed E-state index contributed by atoms with van der Waals surface area (Å²) < 4.78 is 11.1. The molecule has 0 rings (SSSR count). The first-order chi connectivity index (χ1) is 24.2. The van der Waals surface area contributed by atoms with E-state index in [1.807, 2.05) is 0 Å². The lowest BCUT2D eigenvalue weighted by Gasteiger charge is -2.18. The molecule has 0 aliphatic heterocycles. The first-order valence-electron chi connectivity index (χ1n) is 20.2. The van der Waals surface area contributed by atoms with Crippen molar-refractivity contribution in [3.05, 3.63) is 0 Å². The normalized spacial score (nSPS) is 12.8. The Kier molecular flexibility index (Phi) is 31.4. The van der Waals surface area contributed by atoms with Crippen LogP contribution in [0.3, 0.4) is 0 Å². The Morgan fingerprint density at radius 1 is 0.580 bits per heavy atom. The van der Waals surface area contributed by atoms with E-state index in [9.17, 15) is 19.2 Å². The minimum absolute atomic E-state index is 0.0344. The fourth-order valence-corrected chi connectivity index (χ4v) is 5.97. The smallest absolute Gasteiger partial charge is 0.308 e. The fraction of sp³-hybridized carbons (Fsp3) is 0.872. The third-order valence-electron chi connectivity index (χ3n) is 9.04. The van der Waals surface area contributed by atoms with E-state index in [-0.39, 0.29) is 67.5 Å². The highest BCUT2D eigenvalue weighted by Crippen LogP contribution is 2.21. The quantitative estimate of drug-likeness (QED) is 0.0234. The number of nitrogens with one attached hydrogen (secondary N) is 2. The van der Waals surface area contributed by atoms with Crippen molar-refractivity contribution in [2.45, 2.75) is 181 Å². The zero-order valence-corrected chi connectivity index (χ0v) is 32.4. The number of carbonyl (C=O) groups is 4. The molecule has 11 nitrogen and oxygen atoms in total. The molecule has 0 bridgehead atoms. The molecular weight excluding hydrogens is 634 g/mol. The number of amides is 2. The Morgan fingerprint density at radius 2 is 1.08 bits per heavy atom. The number of unbranched alkanes of at least 4 members (excludes halogenated alkanes) is 11. The summed E-state index contributed by atoms with van der Waals surface area (Å²) in [6.45, 7) is 9.66. The number of nitrogens with two attached hydrogens (primary N) is 2. The van der Waals surface area contributed by atoms with Crippen LogP contribution in [0.1, 0.15) is 175 Å². The third-order valence-corrected chi connectivity index (χ3v) is 9.04. The number of aliphatic imine (C=N–C) groups is 1. The largest absolute Gasteiger partial charge is 0.465 e. The van der Waals surface area contributed by atoms with Gasteiger partial charge in [-0.2, -0.15) is 0 Å². The summed E-state index contributed by atoms with van der Waals surface area (Å²) in [5, 5.41) is 5.66. The van der Waals surface area contributed by atoms with Gasteiger partial charge in [-0.15, -0.1) is 0 Å². The first kappa shape index (κ1) is 47.1. The van der Waals surface area contributed by atoms with Gasteiger partial charge in [-0.3, -0.25) is 24.2 Å². The molecule has 0 aromatic carbocycles. The van der Waals surface area contributed by atoms with Crippen LogP contribution in [0.2, 0.25) is 0 Å². The van der Waals surface area contributed by atoms with Gasteiger partial charge < -0.3 is 31.6 Å². The van der Waals surface area contributed by atoms with Gasteiger partial charge in [0.2, 0.25) is 11.8 Å². The van der Waals surface area contributed by atoms with Gasteiger partial charge in [0, 0.05) is 19.5 Å². The van der Waals surface area contributed by atoms with E-state index in [2.05, 4.69) is 43.3 Å². The van der Waals surface area contributed by atoms with Crippen LogP contribution >= 0.6 is 0 Å². The van der Waals surface area contributed by atoms with Crippen LogP contribution in [-0.2, 0) is 28.7 Å². The summed E-state index contributed by atoms with van der Waals surface area (Å²) in [5.74, 6) is -1.13. The molecule has 0 aromatic heterocycles. The molecule has 6 N–H and O–H groups in total. The molecule has 0 saturated heterocycles. The van der Waals surface area contributed by atoms with E-state index in [1.165, 1.54) is 44.9 Å². The van der Waals surface area contributed by atoms with Crippen LogP contribution in [0.4, 0.5) is 0 Å². The van der Waals surface area contributed by atoms with Crippen LogP contribution in [0.15, 0.2) is 4.99 Å². The maximum absolute atomic E-state index is 13.0. The van der Waals surface area contributed by atoms with Crippen molar-refractivity contribution >= 4 is 29.7 Å². The van der Waals surface area contributed by atoms with E-state index in [0.717, 1.165) is 70.6 Å². The molecule has 11 heteroatoms. The number of hydrogen-bond donors (Lipinski definition) is 4. The third kappa shape index (κ3) is 26.9. The SMILES string of the molecule is CCCCCCCCC(CCCCCC)C(=O)OCCCCNC(=O)[C@H](CCN=C(N)N)NC(=O)CCCOC(=O)C(CCC)CCCCC. The molecule has 0 aliphatic carbocycles. The predicted molar refractivity (Wildman–Crippen MR) is 203 cm³/mol. The van der Waals surface area contributed by atoms with Gasteiger partial charge >= 0.3 is 11.9 Å². The summed E-state index contributed by atoms with van der Waals surface area (Å²) in [6, 6.07) is -0.811. The standard InChI is InChI=1S/C39H75N5O6/c1-5-9-12-14-15-18-25-33(24-17-13-10-6-2)38(48)49-30-20-19-28-42-36(46)34(27-29-43-39(40)41)44-35(45)26-21-31-50-37(47)32(22-8-4)23-16-11-7-3/h32-34H,5-31H2,1-4H3,(H,42,46)(H,44,45)(H4,40,41,43)/t32?,33?,34-/m0/s1. The van der Waals surface area contributed by atoms with E-state index < -0.39 is 6.04 Å². The van der Waals surface area contributed by atoms with Crippen molar-refractivity contribution in [3.8, 4) is 0 Å². The second-order valence-electron chi connectivity index (χ2n) is 13.7. The lowest BCUT2D eigenvalue weighted by molar-refractivity contribution is -0.150. The average molecular weight is 710 g/mol. The Balaban J connectivity index is 4.68. The molecule has 0 fully saturated rings. The molecule has 2 unspecified atom stereocenters. The Bertz CT molecular complexity index is 911. The molecule has 0 aliphatic rings. The predicted octanol–water partition coefficient (Wildman–Crippen LogP) is 7.23. The van der Waals surface area contributed by atoms with Crippen molar-refractivity contribution in [1.82, 2.24) is 10.6 Å². The average Bonchev–Trinajstić information content (AvgIpc) is 3.09. The number of guanidine groups is 1. The van der Waals surface area contributed by atoms with Gasteiger partial charge in [0.1, 0.15) is 6.04 Å². The summed E-state index contributed by atoms with van der Waals surface area (Å²) in [5.41, 5.74) is 10.9. The lowest BCUT2D eigenvalue weighted by Crippen LogP contribution is -2.47. The van der Waals surface area contributed by atoms with E-state index in [0.29, 0.717) is 32.4 Å².